The number of carbonyl (C=O) groups excluding carboxylic acids is 1. The van der Waals surface area contributed by atoms with Crippen LogP contribution in [0.4, 0.5) is 14.5 Å². The van der Waals surface area contributed by atoms with Crippen LogP contribution in [0.3, 0.4) is 0 Å². The van der Waals surface area contributed by atoms with Gasteiger partial charge in [0.25, 0.3) is 5.91 Å². The Bertz CT molecular complexity index is 650. The summed E-state index contributed by atoms with van der Waals surface area (Å²) in [5.41, 5.74) is -0.130. The van der Waals surface area contributed by atoms with Crippen molar-refractivity contribution in [2.75, 3.05) is 5.32 Å². The molecule has 0 unspecified atom stereocenters. The molecule has 0 saturated heterocycles. The van der Waals surface area contributed by atoms with Crippen molar-refractivity contribution in [1.29, 1.82) is 0 Å². The van der Waals surface area contributed by atoms with Crippen LogP contribution in [0.25, 0.3) is 0 Å². The fourth-order valence-electron chi connectivity index (χ4n) is 1.37. The lowest BCUT2D eigenvalue weighted by Gasteiger charge is -2.07. The van der Waals surface area contributed by atoms with Crippen molar-refractivity contribution in [3.63, 3.8) is 0 Å². The molecule has 0 aliphatic heterocycles. The smallest absolute Gasteiger partial charge is 0.258 e. The van der Waals surface area contributed by atoms with Crippen LogP contribution in [0.15, 0.2) is 30.5 Å². The van der Waals surface area contributed by atoms with Crippen molar-refractivity contribution in [2.45, 2.75) is 0 Å². The Labute approximate surface area is 117 Å². The number of rotatable bonds is 2. The molecule has 1 heterocycles. The number of benzene rings is 1. The van der Waals surface area contributed by atoms with Gasteiger partial charge in [-0.15, -0.1) is 0 Å². The fraction of sp³-hybridized carbons (Fsp3) is 0. The Morgan fingerprint density at radius 3 is 2.58 bits per heavy atom. The van der Waals surface area contributed by atoms with E-state index in [1.807, 2.05) is 0 Å². The third-order valence-electron chi connectivity index (χ3n) is 2.27. The van der Waals surface area contributed by atoms with Crippen LogP contribution in [0.2, 0.25) is 10.0 Å². The zero-order valence-electron chi connectivity index (χ0n) is 9.25. The van der Waals surface area contributed by atoms with Crippen molar-refractivity contribution in [1.82, 2.24) is 4.98 Å². The minimum atomic E-state index is -1.33. The molecule has 1 aromatic heterocycles. The van der Waals surface area contributed by atoms with Crippen molar-refractivity contribution in [3.8, 4) is 0 Å². The van der Waals surface area contributed by atoms with Gasteiger partial charge in [0.1, 0.15) is 0 Å². The highest BCUT2D eigenvalue weighted by Crippen LogP contribution is 2.25. The molecule has 2 rings (SSSR count). The number of halogens is 4. The van der Waals surface area contributed by atoms with E-state index in [0.29, 0.717) is 10.7 Å². The molecule has 0 spiro atoms. The third kappa shape index (κ3) is 3.00. The van der Waals surface area contributed by atoms with Crippen LogP contribution < -0.4 is 5.32 Å². The van der Waals surface area contributed by atoms with E-state index in [1.54, 1.807) is 0 Å². The summed E-state index contributed by atoms with van der Waals surface area (Å²) in [5.74, 6) is -3.45. The van der Waals surface area contributed by atoms with E-state index < -0.39 is 23.2 Å². The molecule has 19 heavy (non-hydrogen) atoms. The number of carbonyl (C=O) groups is 1. The maximum absolute atomic E-state index is 13.4. The van der Waals surface area contributed by atoms with Gasteiger partial charge in [-0.1, -0.05) is 23.2 Å². The van der Waals surface area contributed by atoms with E-state index in [9.17, 15) is 13.6 Å². The molecule has 0 radical (unpaired) electrons. The Kier molecular flexibility index (Phi) is 3.97. The van der Waals surface area contributed by atoms with Crippen molar-refractivity contribution in [2.24, 2.45) is 0 Å². The van der Waals surface area contributed by atoms with Gasteiger partial charge in [0, 0.05) is 11.9 Å². The maximum atomic E-state index is 13.4. The van der Waals surface area contributed by atoms with Gasteiger partial charge in [-0.05, 0) is 24.3 Å². The van der Waals surface area contributed by atoms with Crippen molar-refractivity contribution in [3.05, 3.63) is 57.8 Å². The Morgan fingerprint density at radius 1 is 1.16 bits per heavy atom. The van der Waals surface area contributed by atoms with E-state index in [4.69, 9.17) is 23.2 Å². The van der Waals surface area contributed by atoms with E-state index >= 15 is 0 Å². The number of nitrogens with one attached hydrogen (secondary N) is 1. The SMILES string of the molecule is O=C(Nc1ccc(Cl)c(Cl)c1)c1ccnc(F)c1F. The summed E-state index contributed by atoms with van der Waals surface area (Å²) < 4.78 is 26.2. The zero-order valence-corrected chi connectivity index (χ0v) is 10.8. The minimum Gasteiger partial charge on any atom is -0.322 e. The summed E-state index contributed by atoms with van der Waals surface area (Å²) in [7, 11) is 0. The predicted octanol–water partition coefficient (Wildman–Crippen LogP) is 3.92. The molecule has 2 aromatic rings. The van der Waals surface area contributed by atoms with Gasteiger partial charge in [0.05, 0.1) is 15.6 Å². The molecule has 98 valence electrons. The average Bonchev–Trinajstić information content (AvgIpc) is 2.37. The highest BCUT2D eigenvalue weighted by atomic mass is 35.5. The number of nitrogens with zero attached hydrogens (tertiary/aromatic N) is 1. The third-order valence-corrected chi connectivity index (χ3v) is 3.01. The second kappa shape index (κ2) is 5.50. The largest absolute Gasteiger partial charge is 0.322 e. The molecule has 7 heteroatoms. The molecule has 0 atom stereocenters. The first-order chi connectivity index (χ1) is 8.99. The van der Waals surface area contributed by atoms with Crippen molar-refractivity contribution < 1.29 is 13.6 Å². The number of hydrogen-bond donors (Lipinski definition) is 1. The van der Waals surface area contributed by atoms with E-state index in [0.717, 1.165) is 12.3 Å². The number of anilines is 1. The summed E-state index contributed by atoms with van der Waals surface area (Å²) >= 11 is 11.5. The maximum Gasteiger partial charge on any atom is 0.258 e. The lowest BCUT2D eigenvalue weighted by molar-refractivity contribution is 0.102. The molecule has 1 aromatic carbocycles. The van der Waals surface area contributed by atoms with E-state index in [2.05, 4.69) is 10.3 Å². The topological polar surface area (TPSA) is 42.0 Å². The first-order valence-corrected chi connectivity index (χ1v) is 5.81. The zero-order chi connectivity index (χ0) is 14.0. The van der Waals surface area contributed by atoms with Crippen molar-refractivity contribution >= 4 is 34.8 Å². The molecule has 0 fully saturated rings. The lowest BCUT2D eigenvalue weighted by atomic mass is 10.2. The predicted molar refractivity (Wildman–Crippen MR) is 68.6 cm³/mol. The monoisotopic (exact) mass is 302 g/mol. The summed E-state index contributed by atoms with van der Waals surface area (Å²) in [5, 5.41) is 2.93. The van der Waals surface area contributed by atoms with Gasteiger partial charge in [-0.2, -0.15) is 4.39 Å². The molecule has 0 bridgehead atoms. The molecular formula is C12H6Cl2F2N2O. The highest BCUT2D eigenvalue weighted by molar-refractivity contribution is 6.42. The summed E-state index contributed by atoms with van der Waals surface area (Å²) in [4.78, 5) is 14.9. The van der Waals surface area contributed by atoms with Gasteiger partial charge >= 0.3 is 0 Å². The van der Waals surface area contributed by atoms with Crippen LogP contribution >= 0.6 is 23.2 Å². The summed E-state index contributed by atoms with van der Waals surface area (Å²) in [6.07, 6.45) is 1.00. The molecule has 0 aliphatic rings. The summed E-state index contributed by atoms with van der Waals surface area (Å²) in [6.45, 7) is 0. The molecule has 1 amide bonds. The van der Waals surface area contributed by atoms with Gasteiger partial charge in [-0.25, -0.2) is 9.37 Å². The van der Waals surface area contributed by atoms with E-state index in [1.165, 1.54) is 18.2 Å². The molecule has 3 nitrogen and oxygen atoms in total. The van der Waals surface area contributed by atoms with Gasteiger partial charge < -0.3 is 5.32 Å². The molecule has 1 N–H and O–H groups in total. The number of pyridine rings is 1. The number of aromatic nitrogens is 1. The van der Waals surface area contributed by atoms with Gasteiger partial charge in [0.2, 0.25) is 5.95 Å². The molecule has 0 aliphatic carbocycles. The van der Waals surface area contributed by atoms with Crippen LogP contribution in [0, 0.1) is 11.8 Å². The minimum absolute atomic E-state index is 0.237. The Morgan fingerprint density at radius 2 is 1.89 bits per heavy atom. The van der Waals surface area contributed by atoms with Crippen LogP contribution in [0.5, 0.6) is 0 Å². The average molecular weight is 303 g/mol. The Hall–Kier alpha value is -1.72. The molecule has 0 saturated carbocycles. The first-order valence-electron chi connectivity index (χ1n) is 5.05. The second-order valence-corrected chi connectivity index (χ2v) is 4.36. The van der Waals surface area contributed by atoms with Gasteiger partial charge in [0.15, 0.2) is 5.82 Å². The molecular weight excluding hydrogens is 297 g/mol. The summed E-state index contributed by atoms with van der Waals surface area (Å²) in [6, 6.07) is 5.44. The fourth-order valence-corrected chi connectivity index (χ4v) is 1.66. The number of amides is 1. The second-order valence-electron chi connectivity index (χ2n) is 3.55. The quantitative estimate of drug-likeness (QED) is 0.854. The van der Waals surface area contributed by atoms with E-state index in [-0.39, 0.29) is 5.02 Å². The van der Waals surface area contributed by atoms with Crippen LogP contribution in [-0.2, 0) is 0 Å². The Balaban J connectivity index is 2.26. The standard InChI is InChI=1S/C12H6Cl2F2N2O/c13-8-2-1-6(5-9(8)14)18-12(19)7-3-4-17-11(16)10(7)15/h1-5H,(H,18,19). The van der Waals surface area contributed by atoms with Crippen LogP contribution in [-0.4, -0.2) is 10.9 Å². The van der Waals surface area contributed by atoms with Crippen LogP contribution in [0.1, 0.15) is 10.4 Å². The first kappa shape index (κ1) is 13.7. The lowest BCUT2D eigenvalue weighted by Crippen LogP contribution is -2.15. The highest BCUT2D eigenvalue weighted by Gasteiger charge is 2.16. The normalized spacial score (nSPS) is 10.3. The number of hydrogen-bond acceptors (Lipinski definition) is 2. The van der Waals surface area contributed by atoms with Gasteiger partial charge in [-0.3, -0.25) is 4.79 Å².